The van der Waals surface area contributed by atoms with Gasteiger partial charge in [-0.15, -0.1) is 0 Å². The molecule has 1 unspecified atom stereocenters. The molecule has 0 aliphatic heterocycles. The van der Waals surface area contributed by atoms with Crippen LogP contribution in [0.15, 0.2) is 108 Å². The molecule has 44 heavy (non-hydrogen) atoms. The van der Waals surface area contributed by atoms with E-state index >= 15 is 0 Å². The van der Waals surface area contributed by atoms with E-state index in [4.69, 9.17) is 27.9 Å². The second kappa shape index (κ2) is 15.1. The number of carbonyl (C=O) groups excluding carboxylic acids is 2. The van der Waals surface area contributed by atoms with E-state index in [-0.39, 0.29) is 40.2 Å². The number of halogens is 2. The third-order valence-corrected chi connectivity index (χ3v) is 9.13. The Morgan fingerprint density at radius 3 is 2.11 bits per heavy atom. The Morgan fingerprint density at radius 2 is 1.48 bits per heavy atom. The zero-order valence-corrected chi connectivity index (χ0v) is 26.6. The second-order valence-electron chi connectivity index (χ2n) is 9.89. The van der Waals surface area contributed by atoms with E-state index in [1.54, 1.807) is 55.5 Å². The van der Waals surface area contributed by atoms with Crippen LogP contribution in [0.25, 0.3) is 0 Å². The molecule has 1 atom stereocenters. The highest BCUT2D eigenvalue weighted by Crippen LogP contribution is 2.35. The van der Waals surface area contributed by atoms with Crippen LogP contribution < -0.4 is 14.4 Å². The molecule has 1 N–H and O–H groups in total. The number of sulfonamides is 1. The Labute approximate surface area is 268 Å². The maximum atomic E-state index is 14.5. The third kappa shape index (κ3) is 8.11. The Bertz CT molecular complexity index is 1690. The normalized spacial score (nSPS) is 11.8. The first-order chi connectivity index (χ1) is 21.1. The van der Waals surface area contributed by atoms with Gasteiger partial charge in [-0.1, -0.05) is 83.9 Å². The predicted octanol–water partition coefficient (Wildman–Crippen LogP) is 5.97. The first-order valence-electron chi connectivity index (χ1n) is 13.9. The quantitative estimate of drug-likeness (QED) is 0.192. The van der Waals surface area contributed by atoms with Crippen LogP contribution in [0.4, 0.5) is 5.69 Å². The number of methoxy groups -OCH3 is 1. The van der Waals surface area contributed by atoms with E-state index in [1.165, 1.54) is 36.3 Å². The molecule has 4 aromatic rings. The fourth-order valence-corrected chi connectivity index (χ4v) is 6.59. The Balaban J connectivity index is 1.84. The van der Waals surface area contributed by atoms with Crippen molar-refractivity contribution in [3.05, 3.63) is 124 Å². The highest BCUT2D eigenvalue weighted by Gasteiger charge is 2.35. The van der Waals surface area contributed by atoms with Gasteiger partial charge in [0.1, 0.15) is 18.3 Å². The summed E-state index contributed by atoms with van der Waals surface area (Å²) in [6, 6.07) is 27.6. The largest absolute Gasteiger partial charge is 0.495 e. The van der Waals surface area contributed by atoms with Gasteiger partial charge in [-0.3, -0.25) is 13.9 Å². The zero-order chi connectivity index (χ0) is 31.7. The molecule has 11 heteroatoms. The molecule has 0 bridgehead atoms. The average Bonchev–Trinajstić information content (AvgIpc) is 3.02. The summed E-state index contributed by atoms with van der Waals surface area (Å²) in [5.41, 5.74) is 1.58. The van der Waals surface area contributed by atoms with E-state index < -0.39 is 28.5 Å². The number of likely N-dealkylation sites (N-methyl/N-ethyl adjacent to an activating group) is 1. The summed E-state index contributed by atoms with van der Waals surface area (Å²) in [4.78, 5) is 29.4. The minimum atomic E-state index is -4.30. The van der Waals surface area contributed by atoms with Crippen molar-refractivity contribution >= 4 is 50.7 Å². The summed E-state index contributed by atoms with van der Waals surface area (Å²) >= 11 is 12.6. The molecule has 0 aliphatic rings. The van der Waals surface area contributed by atoms with E-state index in [1.807, 2.05) is 30.3 Å². The van der Waals surface area contributed by atoms with E-state index in [2.05, 4.69) is 5.32 Å². The number of nitrogens with zero attached hydrogens (tertiary/aromatic N) is 2. The molecule has 0 saturated heterocycles. The van der Waals surface area contributed by atoms with E-state index in [0.29, 0.717) is 17.1 Å². The van der Waals surface area contributed by atoms with Gasteiger partial charge in [0.2, 0.25) is 11.8 Å². The second-order valence-corrected chi connectivity index (χ2v) is 12.6. The third-order valence-electron chi connectivity index (χ3n) is 6.88. The molecular weight excluding hydrogens is 621 g/mol. The maximum Gasteiger partial charge on any atom is 0.264 e. The van der Waals surface area contributed by atoms with Crippen molar-refractivity contribution in [1.82, 2.24) is 10.2 Å². The average molecular weight is 655 g/mol. The Morgan fingerprint density at radius 1 is 0.841 bits per heavy atom. The minimum absolute atomic E-state index is 0.0000662. The van der Waals surface area contributed by atoms with Crippen LogP contribution in [0.1, 0.15) is 18.1 Å². The van der Waals surface area contributed by atoms with Crippen LogP contribution in [0.3, 0.4) is 0 Å². The molecule has 8 nitrogen and oxygen atoms in total. The van der Waals surface area contributed by atoms with Crippen molar-refractivity contribution in [3.8, 4) is 5.75 Å². The minimum Gasteiger partial charge on any atom is -0.495 e. The number of hydrogen-bond acceptors (Lipinski definition) is 5. The number of benzene rings is 4. The van der Waals surface area contributed by atoms with Crippen LogP contribution in [0.5, 0.6) is 5.75 Å². The summed E-state index contributed by atoms with van der Waals surface area (Å²) in [6.07, 6.45) is 0.199. The zero-order valence-electron chi connectivity index (χ0n) is 24.3. The van der Waals surface area contributed by atoms with Gasteiger partial charge in [-0.25, -0.2) is 8.42 Å². The number of rotatable bonds is 13. The lowest BCUT2D eigenvalue weighted by molar-refractivity contribution is -0.140. The van der Waals surface area contributed by atoms with E-state index in [9.17, 15) is 18.0 Å². The lowest BCUT2D eigenvalue weighted by atomic mass is 10.0. The molecule has 0 aromatic heterocycles. The van der Waals surface area contributed by atoms with Gasteiger partial charge in [0.05, 0.1) is 17.7 Å². The van der Waals surface area contributed by atoms with Crippen LogP contribution in [-0.4, -0.2) is 51.4 Å². The number of amides is 2. The Kier molecular flexibility index (Phi) is 11.3. The molecule has 4 aromatic carbocycles. The van der Waals surface area contributed by atoms with Crippen molar-refractivity contribution in [1.29, 1.82) is 0 Å². The number of hydrogen-bond donors (Lipinski definition) is 1. The molecule has 0 saturated carbocycles. The Hall–Kier alpha value is -4.05. The summed E-state index contributed by atoms with van der Waals surface area (Å²) < 4.78 is 34.7. The number of carbonyl (C=O) groups is 2. The molecule has 2 amide bonds. The molecule has 4 rings (SSSR count). The van der Waals surface area contributed by atoms with Gasteiger partial charge in [-0.05, 0) is 60.5 Å². The summed E-state index contributed by atoms with van der Waals surface area (Å²) in [5.74, 6) is -0.782. The van der Waals surface area contributed by atoms with Crippen molar-refractivity contribution in [3.63, 3.8) is 0 Å². The lowest BCUT2D eigenvalue weighted by Crippen LogP contribution is -2.53. The fraction of sp³-hybridized carbons (Fsp3) is 0.212. The van der Waals surface area contributed by atoms with Crippen LogP contribution in [-0.2, 0) is 32.6 Å². The van der Waals surface area contributed by atoms with Crippen molar-refractivity contribution < 1.29 is 22.7 Å². The lowest BCUT2D eigenvalue weighted by Gasteiger charge is -2.34. The standard InChI is InChI=1S/C33H33Cl2N3O5S/c1-3-36-33(40)30(20-24-11-6-4-7-12-24)37(22-25-13-10-14-26(34)19-25)32(39)23-38(29-21-27(35)17-18-31(29)43-2)44(41,42)28-15-8-5-9-16-28/h4-19,21,30H,3,20,22-23H2,1-2H3,(H,36,40). The van der Waals surface area contributed by atoms with Gasteiger partial charge in [0, 0.05) is 29.6 Å². The van der Waals surface area contributed by atoms with Crippen LogP contribution in [0.2, 0.25) is 10.0 Å². The highest BCUT2D eigenvalue weighted by atomic mass is 35.5. The molecule has 0 aliphatic carbocycles. The topological polar surface area (TPSA) is 96.0 Å². The molecule has 230 valence electrons. The van der Waals surface area contributed by atoms with Gasteiger partial charge >= 0.3 is 0 Å². The van der Waals surface area contributed by atoms with Crippen LogP contribution >= 0.6 is 23.2 Å². The van der Waals surface area contributed by atoms with Gasteiger partial charge in [-0.2, -0.15) is 0 Å². The molecule has 0 spiro atoms. The first kappa shape index (κ1) is 32.9. The fourth-order valence-electron chi connectivity index (χ4n) is 4.77. The smallest absolute Gasteiger partial charge is 0.264 e. The molecule has 0 heterocycles. The van der Waals surface area contributed by atoms with Gasteiger partial charge in [0.25, 0.3) is 10.0 Å². The highest BCUT2D eigenvalue weighted by molar-refractivity contribution is 7.92. The maximum absolute atomic E-state index is 14.5. The van der Waals surface area contributed by atoms with Crippen molar-refractivity contribution in [2.75, 3.05) is 24.5 Å². The van der Waals surface area contributed by atoms with Gasteiger partial charge < -0.3 is 15.0 Å². The number of ether oxygens (including phenoxy) is 1. The first-order valence-corrected chi connectivity index (χ1v) is 16.1. The number of nitrogens with one attached hydrogen (secondary N) is 1. The van der Waals surface area contributed by atoms with Crippen molar-refractivity contribution in [2.24, 2.45) is 0 Å². The number of anilines is 1. The van der Waals surface area contributed by atoms with E-state index in [0.717, 1.165) is 9.87 Å². The van der Waals surface area contributed by atoms with Crippen molar-refractivity contribution in [2.45, 2.75) is 30.8 Å². The SMILES string of the molecule is CCNC(=O)C(Cc1ccccc1)N(Cc1cccc(Cl)c1)C(=O)CN(c1cc(Cl)ccc1OC)S(=O)(=O)c1ccccc1. The summed E-state index contributed by atoms with van der Waals surface area (Å²) in [7, 11) is -2.90. The molecule has 0 radical (unpaired) electrons. The van der Waals surface area contributed by atoms with Crippen LogP contribution in [0, 0.1) is 0 Å². The predicted molar refractivity (Wildman–Crippen MR) is 174 cm³/mol. The van der Waals surface area contributed by atoms with Gasteiger partial charge in [0.15, 0.2) is 0 Å². The summed E-state index contributed by atoms with van der Waals surface area (Å²) in [6.45, 7) is 1.50. The molecule has 0 fully saturated rings. The monoisotopic (exact) mass is 653 g/mol. The molecular formula is C33H33Cl2N3O5S. The summed E-state index contributed by atoms with van der Waals surface area (Å²) in [5, 5.41) is 3.55.